The van der Waals surface area contributed by atoms with Gasteiger partial charge in [0.25, 0.3) is 0 Å². The molecule has 0 spiro atoms. The standard InChI is InChI=1S/C7H15O/c1-4-6-7(5-2)8-3/h7H,1,4-6H2,2-3H3. The molecule has 0 N–H and O–H groups in total. The first-order valence-corrected chi connectivity index (χ1v) is 3.17. The molecule has 0 saturated heterocycles. The predicted molar refractivity (Wildman–Crippen MR) is 35.7 cm³/mol. The Labute approximate surface area is 52.0 Å². The summed E-state index contributed by atoms with van der Waals surface area (Å²) in [7, 11) is 1.75. The smallest absolute Gasteiger partial charge is 0.0568 e. The lowest BCUT2D eigenvalue weighted by molar-refractivity contribution is 0.0929. The number of hydrogen-bond acceptors (Lipinski definition) is 1. The molecule has 1 radical (unpaired) electrons. The molecule has 0 bridgehead atoms. The second-order valence-corrected chi connectivity index (χ2v) is 1.91. The van der Waals surface area contributed by atoms with E-state index in [4.69, 9.17) is 4.74 Å². The summed E-state index contributed by atoms with van der Waals surface area (Å²) in [6, 6.07) is 0. The van der Waals surface area contributed by atoms with Gasteiger partial charge in [-0.1, -0.05) is 20.3 Å². The lowest BCUT2D eigenvalue weighted by Crippen LogP contribution is -2.07. The minimum Gasteiger partial charge on any atom is -0.381 e. The Hall–Kier alpha value is -0.0400. The van der Waals surface area contributed by atoms with Crippen molar-refractivity contribution in [3.63, 3.8) is 0 Å². The zero-order valence-corrected chi connectivity index (χ0v) is 5.81. The number of hydrogen-bond donors (Lipinski definition) is 0. The second-order valence-electron chi connectivity index (χ2n) is 1.91. The minimum atomic E-state index is 0.437. The maximum Gasteiger partial charge on any atom is 0.0568 e. The predicted octanol–water partition coefficient (Wildman–Crippen LogP) is 2.03. The van der Waals surface area contributed by atoms with Crippen molar-refractivity contribution in [1.82, 2.24) is 0 Å². The van der Waals surface area contributed by atoms with E-state index in [1.807, 2.05) is 0 Å². The molecule has 0 aliphatic rings. The normalized spacial score (nSPS) is 13.9. The molecule has 49 valence electrons. The highest BCUT2D eigenvalue weighted by Crippen LogP contribution is 2.03. The molecule has 1 atom stereocenters. The monoisotopic (exact) mass is 115 g/mol. The molecule has 0 aromatic heterocycles. The van der Waals surface area contributed by atoms with E-state index < -0.39 is 0 Å². The van der Waals surface area contributed by atoms with Gasteiger partial charge in [-0.05, 0) is 12.8 Å². The minimum absolute atomic E-state index is 0.437. The van der Waals surface area contributed by atoms with E-state index in [2.05, 4.69) is 13.8 Å². The summed E-state index contributed by atoms with van der Waals surface area (Å²) in [5.74, 6) is 0. The van der Waals surface area contributed by atoms with E-state index in [1.165, 1.54) is 0 Å². The summed E-state index contributed by atoms with van der Waals surface area (Å²) in [4.78, 5) is 0. The van der Waals surface area contributed by atoms with E-state index in [1.54, 1.807) is 7.11 Å². The van der Waals surface area contributed by atoms with Crippen LogP contribution >= 0.6 is 0 Å². The van der Waals surface area contributed by atoms with Crippen molar-refractivity contribution in [3.05, 3.63) is 6.92 Å². The Morgan fingerprint density at radius 2 is 2.25 bits per heavy atom. The Morgan fingerprint density at radius 1 is 1.62 bits per heavy atom. The molecule has 8 heavy (non-hydrogen) atoms. The molecule has 0 amide bonds. The van der Waals surface area contributed by atoms with Gasteiger partial charge in [-0.25, -0.2) is 0 Å². The topological polar surface area (TPSA) is 9.23 Å². The first-order chi connectivity index (χ1) is 3.85. The SMILES string of the molecule is [CH2]CCC(CC)OC. The van der Waals surface area contributed by atoms with Gasteiger partial charge >= 0.3 is 0 Å². The Kier molecular flexibility index (Phi) is 5.08. The van der Waals surface area contributed by atoms with Crippen LogP contribution in [0.3, 0.4) is 0 Å². The number of ether oxygens (including phenoxy) is 1. The van der Waals surface area contributed by atoms with Crippen LogP contribution in [0.5, 0.6) is 0 Å². The van der Waals surface area contributed by atoms with Crippen molar-refractivity contribution in [3.8, 4) is 0 Å². The molecule has 0 fully saturated rings. The van der Waals surface area contributed by atoms with Crippen molar-refractivity contribution >= 4 is 0 Å². The fourth-order valence-corrected chi connectivity index (χ4v) is 0.716. The fraction of sp³-hybridized carbons (Fsp3) is 0.857. The van der Waals surface area contributed by atoms with Crippen LogP contribution in [0.1, 0.15) is 26.2 Å². The van der Waals surface area contributed by atoms with Crippen LogP contribution in [0, 0.1) is 6.92 Å². The summed E-state index contributed by atoms with van der Waals surface area (Å²) in [6.45, 7) is 5.87. The van der Waals surface area contributed by atoms with Gasteiger partial charge in [-0.3, -0.25) is 0 Å². The van der Waals surface area contributed by atoms with E-state index in [-0.39, 0.29) is 0 Å². The first-order valence-electron chi connectivity index (χ1n) is 3.17. The first kappa shape index (κ1) is 7.96. The van der Waals surface area contributed by atoms with Gasteiger partial charge < -0.3 is 4.74 Å². The summed E-state index contributed by atoms with van der Waals surface area (Å²) in [5.41, 5.74) is 0. The highest BCUT2D eigenvalue weighted by molar-refractivity contribution is 4.54. The van der Waals surface area contributed by atoms with Gasteiger partial charge in [-0.2, -0.15) is 0 Å². The molecular weight excluding hydrogens is 100 g/mol. The molecule has 1 heteroatoms. The molecule has 0 saturated carbocycles. The molecule has 0 heterocycles. The Morgan fingerprint density at radius 3 is 2.38 bits per heavy atom. The molecule has 0 aliphatic heterocycles. The average Bonchev–Trinajstić information content (AvgIpc) is 1.83. The zero-order chi connectivity index (χ0) is 6.41. The molecule has 0 aliphatic carbocycles. The highest BCUT2D eigenvalue weighted by atomic mass is 16.5. The number of rotatable bonds is 4. The quantitative estimate of drug-likeness (QED) is 0.544. The maximum absolute atomic E-state index is 5.10. The van der Waals surface area contributed by atoms with Crippen molar-refractivity contribution in [2.45, 2.75) is 32.3 Å². The largest absolute Gasteiger partial charge is 0.381 e. The summed E-state index contributed by atoms with van der Waals surface area (Å²) in [5, 5.41) is 0. The third-order valence-electron chi connectivity index (χ3n) is 1.31. The zero-order valence-electron chi connectivity index (χ0n) is 5.81. The van der Waals surface area contributed by atoms with Gasteiger partial charge in [-0.15, -0.1) is 0 Å². The van der Waals surface area contributed by atoms with Crippen molar-refractivity contribution in [2.75, 3.05) is 7.11 Å². The van der Waals surface area contributed by atoms with Gasteiger partial charge in [0, 0.05) is 7.11 Å². The van der Waals surface area contributed by atoms with Crippen LogP contribution in [0.4, 0.5) is 0 Å². The molecular formula is C7H15O. The van der Waals surface area contributed by atoms with E-state index >= 15 is 0 Å². The van der Waals surface area contributed by atoms with Crippen LogP contribution < -0.4 is 0 Å². The van der Waals surface area contributed by atoms with E-state index in [0.29, 0.717) is 6.10 Å². The van der Waals surface area contributed by atoms with Gasteiger partial charge in [0.15, 0.2) is 0 Å². The maximum atomic E-state index is 5.10. The summed E-state index contributed by atoms with van der Waals surface area (Å²) in [6.07, 6.45) is 3.61. The third kappa shape index (κ3) is 3.03. The number of methoxy groups -OCH3 is 1. The van der Waals surface area contributed by atoms with Crippen molar-refractivity contribution in [2.24, 2.45) is 0 Å². The van der Waals surface area contributed by atoms with Crippen molar-refractivity contribution < 1.29 is 4.74 Å². The van der Waals surface area contributed by atoms with Crippen LogP contribution in [-0.4, -0.2) is 13.2 Å². The van der Waals surface area contributed by atoms with Crippen LogP contribution in [-0.2, 0) is 4.74 Å². The molecule has 0 rings (SSSR count). The van der Waals surface area contributed by atoms with Crippen LogP contribution in [0.15, 0.2) is 0 Å². The fourth-order valence-electron chi connectivity index (χ4n) is 0.716. The summed E-state index contributed by atoms with van der Waals surface area (Å²) >= 11 is 0. The molecule has 0 aromatic rings. The van der Waals surface area contributed by atoms with Crippen LogP contribution in [0.2, 0.25) is 0 Å². The molecule has 1 nitrogen and oxygen atoms in total. The van der Waals surface area contributed by atoms with Gasteiger partial charge in [0.05, 0.1) is 6.10 Å². The Balaban J connectivity index is 3.07. The van der Waals surface area contributed by atoms with E-state index in [9.17, 15) is 0 Å². The lowest BCUT2D eigenvalue weighted by atomic mass is 10.2. The second kappa shape index (κ2) is 5.10. The van der Waals surface area contributed by atoms with Crippen molar-refractivity contribution in [1.29, 1.82) is 0 Å². The third-order valence-corrected chi connectivity index (χ3v) is 1.31. The average molecular weight is 115 g/mol. The molecule has 0 aromatic carbocycles. The van der Waals surface area contributed by atoms with Crippen LogP contribution in [0.25, 0.3) is 0 Å². The summed E-state index contributed by atoms with van der Waals surface area (Å²) < 4.78 is 5.10. The Bertz CT molecular complexity index is 39.7. The molecule has 1 unspecified atom stereocenters. The highest BCUT2D eigenvalue weighted by Gasteiger charge is 1.99. The van der Waals surface area contributed by atoms with E-state index in [0.717, 1.165) is 19.3 Å². The van der Waals surface area contributed by atoms with Gasteiger partial charge in [0.1, 0.15) is 0 Å². The lowest BCUT2D eigenvalue weighted by Gasteiger charge is -2.09. The van der Waals surface area contributed by atoms with Gasteiger partial charge in [0.2, 0.25) is 0 Å².